The first-order chi connectivity index (χ1) is 6.62. The smallest absolute Gasteiger partial charge is 0.173 e. The number of aryl methyl sites for hydroxylation is 1. The zero-order valence-corrected chi connectivity index (χ0v) is 8.50. The van der Waals surface area contributed by atoms with Crippen LogP contribution in [-0.2, 0) is 12.7 Å². The van der Waals surface area contributed by atoms with Crippen molar-refractivity contribution in [3.63, 3.8) is 0 Å². The van der Waals surface area contributed by atoms with Gasteiger partial charge in [-0.25, -0.2) is 4.39 Å². The average Bonchev–Trinajstić information content (AvgIpc) is 2.51. The Labute approximate surface area is 82.5 Å². The van der Waals surface area contributed by atoms with E-state index in [1.54, 1.807) is 17.9 Å². The predicted molar refractivity (Wildman–Crippen MR) is 50.5 cm³/mol. The summed E-state index contributed by atoms with van der Waals surface area (Å²) in [4.78, 5) is 0. The van der Waals surface area contributed by atoms with Gasteiger partial charge < -0.3 is 9.88 Å². The molecule has 0 bridgehead atoms. The lowest BCUT2D eigenvalue weighted by Gasteiger charge is -2.32. The molecule has 5 heteroatoms. The highest BCUT2D eigenvalue weighted by Crippen LogP contribution is 2.35. The Bertz CT molecular complexity index is 324. The second-order valence-electron chi connectivity index (χ2n) is 4.04. The Kier molecular flexibility index (Phi) is 2.26. The van der Waals surface area contributed by atoms with Crippen molar-refractivity contribution in [1.29, 1.82) is 0 Å². The zero-order chi connectivity index (χ0) is 10.2. The van der Waals surface area contributed by atoms with Gasteiger partial charge in [0.25, 0.3) is 0 Å². The van der Waals surface area contributed by atoms with Crippen molar-refractivity contribution < 1.29 is 4.39 Å². The number of rotatable bonds is 1. The van der Waals surface area contributed by atoms with E-state index >= 15 is 0 Å². The van der Waals surface area contributed by atoms with Crippen molar-refractivity contribution in [2.45, 2.75) is 31.5 Å². The van der Waals surface area contributed by atoms with Gasteiger partial charge in [0, 0.05) is 25.9 Å². The quantitative estimate of drug-likeness (QED) is 0.724. The topological polar surface area (TPSA) is 42.7 Å². The lowest BCUT2D eigenvalue weighted by Crippen LogP contribution is -2.43. The van der Waals surface area contributed by atoms with E-state index in [0.29, 0.717) is 25.2 Å². The van der Waals surface area contributed by atoms with Crippen LogP contribution in [0.1, 0.15) is 25.6 Å². The molecule has 0 aliphatic carbocycles. The van der Waals surface area contributed by atoms with Crippen LogP contribution in [0.2, 0.25) is 0 Å². The minimum absolute atomic E-state index is 0.199. The fraction of sp³-hybridized carbons (Fsp3) is 0.778. The third kappa shape index (κ3) is 1.52. The monoisotopic (exact) mass is 198 g/mol. The minimum Gasteiger partial charge on any atom is -0.318 e. The lowest BCUT2D eigenvalue weighted by molar-refractivity contribution is 0.0812. The van der Waals surface area contributed by atoms with Crippen molar-refractivity contribution in [3.05, 3.63) is 12.2 Å². The molecule has 1 aromatic rings. The van der Waals surface area contributed by atoms with Gasteiger partial charge >= 0.3 is 0 Å². The minimum atomic E-state index is -1.31. The molecule has 0 unspecified atom stereocenters. The van der Waals surface area contributed by atoms with Crippen LogP contribution in [0.4, 0.5) is 4.39 Å². The molecule has 0 saturated carbocycles. The van der Waals surface area contributed by atoms with Crippen LogP contribution in [-0.4, -0.2) is 27.4 Å². The number of hydrogen-bond acceptors (Lipinski definition) is 3. The molecule has 14 heavy (non-hydrogen) atoms. The fourth-order valence-corrected chi connectivity index (χ4v) is 2.07. The van der Waals surface area contributed by atoms with E-state index in [-0.39, 0.29) is 6.04 Å². The van der Waals surface area contributed by atoms with Crippen molar-refractivity contribution in [2.75, 3.05) is 6.54 Å². The molecule has 78 valence electrons. The maximum Gasteiger partial charge on any atom is 0.173 e. The molecule has 1 aliphatic heterocycles. The zero-order valence-electron chi connectivity index (χ0n) is 8.50. The molecule has 1 fully saturated rings. The summed E-state index contributed by atoms with van der Waals surface area (Å²) < 4.78 is 16.2. The number of hydrogen-bond donors (Lipinski definition) is 1. The van der Waals surface area contributed by atoms with Crippen LogP contribution in [0, 0.1) is 0 Å². The molecule has 2 rings (SSSR count). The van der Waals surface area contributed by atoms with Gasteiger partial charge in [-0.05, 0) is 13.5 Å². The molecule has 0 amide bonds. The number of nitrogens with zero attached hydrogens (tertiary/aromatic N) is 3. The first-order valence-corrected chi connectivity index (χ1v) is 4.88. The van der Waals surface area contributed by atoms with Crippen molar-refractivity contribution in [2.24, 2.45) is 7.05 Å². The van der Waals surface area contributed by atoms with Crippen LogP contribution in [0.25, 0.3) is 0 Å². The van der Waals surface area contributed by atoms with Gasteiger partial charge in [0.15, 0.2) is 11.5 Å². The maximum atomic E-state index is 14.5. The van der Waals surface area contributed by atoms with E-state index in [9.17, 15) is 4.39 Å². The molecular weight excluding hydrogens is 183 g/mol. The third-order valence-corrected chi connectivity index (χ3v) is 2.76. The van der Waals surface area contributed by atoms with Crippen LogP contribution in [0.15, 0.2) is 6.33 Å². The van der Waals surface area contributed by atoms with Gasteiger partial charge in [0.05, 0.1) is 0 Å². The summed E-state index contributed by atoms with van der Waals surface area (Å²) in [5.41, 5.74) is -1.31. The van der Waals surface area contributed by atoms with E-state index in [4.69, 9.17) is 0 Å². The Morgan fingerprint density at radius 2 is 2.50 bits per heavy atom. The molecule has 1 saturated heterocycles. The molecular formula is C9H15FN4. The molecule has 4 nitrogen and oxygen atoms in total. The van der Waals surface area contributed by atoms with E-state index in [2.05, 4.69) is 15.5 Å². The predicted octanol–water partition coefficient (Wildman–Crippen LogP) is 0.752. The van der Waals surface area contributed by atoms with Gasteiger partial charge in [-0.1, -0.05) is 0 Å². The van der Waals surface area contributed by atoms with Crippen LogP contribution < -0.4 is 5.32 Å². The first kappa shape index (κ1) is 9.58. The van der Waals surface area contributed by atoms with Gasteiger partial charge in [0.1, 0.15) is 6.33 Å². The Morgan fingerprint density at radius 1 is 1.71 bits per heavy atom. The molecule has 1 aliphatic rings. The number of piperidine rings is 1. The second kappa shape index (κ2) is 3.31. The van der Waals surface area contributed by atoms with Crippen LogP contribution in [0.3, 0.4) is 0 Å². The second-order valence-corrected chi connectivity index (χ2v) is 4.04. The molecule has 1 N–H and O–H groups in total. The summed E-state index contributed by atoms with van der Waals surface area (Å²) in [6.45, 7) is 2.69. The molecule has 0 aromatic carbocycles. The summed E-state index contributed by atoms with van der Waals surface area (Å²) in [5, 5.41) is 10.8. The van der Waals surface area contributed by atoms with Crippen LogP contribution in [0.5, 0.6) is 0 Å². The van der Waals surface area contributed by atoms with Gasteiger partial charge in [-0.15, -0.1) is 10.2 Å². The van der Waals surface area contributed by atoms with E-state index in [1.165, 1.54) is 0 Å². The normalized spacial score (nSPS) is 33.2. The Balaban J connectivity index is 2.27. The van der Waals surface area contributed by atoms with E-state index < -0.39 is 5.67 Å². The number of nitrogens with one attached hydrogen (secondary N) is 1. The largest absolute Gasteiger partial charge is 0.318 e. The Morgan fingerprint density at radius 3 is 3.07 bits per heavy atom. The van der Waals surface area contributed by atoms with Crippen molar-refractivity contribution in [3.8, 4) is 0 Å². The molecule has 0 radical (unpaired) electrons. The Hall–Kier alpha value is -0.970. The summed E-state index contributed by atoms with van der Waals surface area (Å²) in [5.74, 6) is 0.450. The highest BCUT2D eigenvalue weighted by molar-refractivity contribution is 5.05. The maximum absolute atomic E-state index is 14.5. The SMILES string of the molecule is C[C@H]1C[C@@](F)(c2nncn2C)CCN1. The molecule has 0 spiro atoms. The standard InChI is InChI=1S/C9H15FN4/c1-7-5-9(10,3-4-11-7)8-13-12-6-14(8)2/h6-7,11H,3-5H2,1-2H3/t7-,9+/m0/s1. The highest BCUT2D eigenvalue weighted by atomic mass is 19.1. The van der Waals surface area contributed by atoms with E-state index in [1.807, 2.05) is 6.92 Å². The van der Waals surface area contributed by atoms with Crippen molar-refractivity contribution >= 4 is 0 Å². The third-order valence-electron chi connectivity index (χ3n) is 2.76. The summed E-state index contributed by atoms with van der Waals surface area (Å²) >= 11 is 0. The average molecular weight is 198 g/mol. The molecule has 1 aromatic heterocycles. The van der Waals surface area contributed by atoms with Gasteiger partial charge in [-0.2, -0.15) is 0 Å². The molecule has 2 atom stereocenters. The lowest BCUT2D eigenvalue weighted by atomic mass is 9.89. The number of halogens is 1. The van der Waals surface area contributed by atoms with Gasteiger partial charge in [0.2, 0.25) is 0 Å². The van der Waals surface area contributed by atoms with Crippen molar-refractivity contribution in [1.82, 2.24) is 20.1 Å². The summed E-state index contributed by atoms with van der Waals surface area (Å²) in [7, 11) is 1.78. The highest BCUT2D eigenvalue weighted by Gasteiger charge is 2.40. The first-order valence-electron chi connectivity index (χ1n) is 4.88. The summed E-state index contributed by atoms with van der Waals surface area (Å²) in [6.07, 6.45) is 2.49. The molecule has 2 heterocycles. The summed E-state index contributed by atoms with van der Waals surface area (Å²) in [6, 6.07) is 0.199. The number of aromatic nitrogens is 3. The van der Waals surface area contributed by atoms with Gasteiger partial charge in [-0.3, -0.25) is 0 Å². The van der Waals surface area contributed by atoms with Crippen LogP contribution >= 0.6 is 0 Å². The number of alkyl halides is 1. The fourth-order valence-electron chi connectivity index (χ4n) is 2.07. The van der Waals surface area contributed by atoms with E-state index in [0.717, 1.165) is 0 Å².